The zero-order valence-corrected chi connectivity index (χ0v) is 17.7. The molecule has 4 rings (SSSR count). The molecule has 1 saturated carbocycles. The van der Waals surface area contributed by atoms with Crippen molar-refractivity contribution in [2.75, 3.05) is 7.11 Å². The fourth-order valence-electron chi connectivity index (χ4n) is 3.57. The minimum atomic E-state index is -0.787. The highest BCUT2D eigenvalue weighted by Gasteiger charge is 2.28. The molecule has 3 aromatic rings. The summed E-state index contributed by atoms with van der Waals surface area (Å²) < 4.78 is 7.49. The summed E-state index contributed by atoms with van der Waals surface area (Å²) in [6.07, 6.45) is 5.71. The Labute approximate surface area is 175 Å². The van der Waals surface area contributed by atoms with Crippen LogP contribution in [-0.4, -0.2) is 34.4 Å². The first-order valence-electron chi connectivity index (χ1n) is 9.99. The maximum atomic E-state index is 12.6. The van der Waals surface area contributed by atoms with E-state index in [0.717, 1.165) is 35.2 Å². The largest absolute Gasteiger partial charge is 0.496 e. The molecule has 0 aliphatic heterocycles. The maximum absolute atomic E-state index is 12.6. The summed E-state index contributed by atoms with van der Waals surface area (Å²) >= 11 is 0. The predicted molar refractivity (Wildman–Crippen MR) is 115 cm³/mol. The van der Waals surface area contributed by atoms with Gasteiger partial charge in [0.15, 0.2) is 0 Å². The van der Waals surface area contributed by atoms with Crippen molar-refractivity contribution < 1.29 is 14.3 Å². The average Bonchev–Trinajstić information content (AvgIpc) is 3.41. The molecule has 1 aliphatic carbocycles. The van der Waals surface area contributed by atoms with E-state index in [1.165, 1.54) is 0 Å². The van der Waals surface area contributed by atoms with Gasteiger partial charge in [-0.1, -0.05) is 0 Å². The van der Waals surface area contributed by atoms with Gasteiger partial charge in [0, 0.05) is 17.8 Å². The number of amides is 2. The van der Waals surface area contributed by atoms with Crippen LogP contribution in [0, 0.1) is 6.92 Å². The van der Waals surface area contributed by atoms with E-state index < -0.39 is 5.41 Å². The molecule has 2 amide bonds. The van der Waals surface area contributed by atoms with Crippen molar-refractivity contribution in [3.05, 3.63) is 53.3 Å². The Kier molecular flexibility index (Phi) is 4.76. The van der Waals surface area contributed by atoms with Gasteiger partial charge >= 0.3 is 0 Å². The van der Waals surface area contributed by atoms with Crippen molar-refractivity contribution in [3.8, 4) is 17.0 Å². The van der Waals surface area contributed by atoms with Crippen LogP contribution in [0.5, 0.6) is 5.75 Å². The number of aromatic nitrogens is 2. The molecule has 0 radical (unpaired) electrons. The Morgan fingerprint density at radius 3 is 2.63 bits per heavy atom. The van der Waals surface area contributed by atoms with Gasteiger partial charge in [-0.25, -0.2) is 4.98 Å². The minimum absolute atomic E-state index is 0.102. The van der Waals surface area contributed by atoms with E-state index in [0.29, 0.717) is 17.0 Å². The van der Waals surface area contributed by atoms with E-state index in [-0.39, 0.29) is 17.9 Å². The van der Waals surface area contributed by atoms with Gasteiger partial charge in [0.1, 0.15) is 11.4 Å². The van der Waals surface area contributed by atoms with Gasteiger partial charge in [-0.05, 0) is 69.0 Å². The number of imidazole rings is 1. The molecule has 7 heteroatoms. The first-order chi connectivity index (χ1) is 14.2. The van der Waals surface area contributed by atoms with E-state index in [2.05, 4.69) is 10.3 Å². The monoisotopic (exact) mass is 406 g/mol. The fourth-order valence-corrected chi connectivity index (χ4v) is 3.57. The summed E-state index contributed by atoms with van der Waals surface area (Å²) in [5.74, 6) is 0.0403. The Balaban J connectivity index is 1.76. The number of nitrogens with one attached hydrogen (secondary N) is 1. The summed E-state index contributed by atoms with van der Waals surface area (Å²) in [6.45, 7) is 5.50. The minimum Gasteiger partial charge on any atom is -0.496 e. The van der Waals surface area contributed by atoms with Crippen molar-refractivity contribution in [3.63, 3.8) is 0 Å². The van der Waals surface area contributed by atoms with Crippen molar-refractivity contribution >= 4 is 17.5 Å². The number of pyridine rings is 1. The van der Waals surface area contributed by atoms with Crippen LogP contribution in [-0.2, 0) is 10.2 Å². The van der Waals surface area contributed by atoms with E-state index in [9.17, 15) is 9.59 Å². The van der Waals surface area contributed by atoms with Gasteiger partial charge in [-0.15, -0.1) is 0 Å². The summed E-state index contributed by atoms with van der Waals surface area (Å²) in [4.78, 5) is 29.0. The molecule has 30 heavy (non-hydrogen) atoms. The lowest BCUT2D eigenvalue weighted by atomic mass is 9.84. The summed E-state index contributed by atoms with van der Waals surface area (Å²) in [7, 11) is 1.57. The standard InChI is InChI=1S/C23H26N4O3/c1-13-9-14(10-18(30-4)20(13)21(28)26-16-5-6-16)17-12-25-19-11-15(7-8-27(17)19)23(2,3)22(24)29/h7-12,16H,5-6H2,1-4H3,(H2,24,29)(H,26,28). The number of fused-ring (bicyclic) bond motifs is 1. The van der Waals surface area contributed by atoms with Crippen LogP contribution in [0.15, 0.2) is 36.7 Å². The highest BCUT2D eigenvalue weighted by Crippen LogP contribution is 2.32. The van der Waals surface area contributed by atoms with Gasteiger partial charge in [0.25, 0.3) is 5.91 Å². The molecule has 0 atom stereocenters. The van der Waals surface area contributed by atoms with Crippen LogP contribution < -0.4 is 15.8 Å². The Morgan fingerprint density at radius 2 is 2.00 bits per heavy atom. The van der Waals surface area contributed by atoms with Crippen molar-refractivity contribution in [2.45, 2.75) is 45.1 Å². The Hall–Kier alpha value is -3.35. The van der Waals surface area contributed by atoms with E-state index in [4.69, 9.17) is 10.5 Å². The maximum Gasteiger partial charge on any atom is 0.255 e. The molecule has 0 unspecified atom stereocenters. The molecule has 0 bridgehead atoms. The topological polar surface area (TPSA) is 98.7 Å². The number of carbonyl (C=O) groups excluding carboxylic acids is 2. The average molecular weight is 406 g/mol. The van der Waals surface area contributed by atoms with E-state index >= 15 is 0 Å². The van der Waals surface area contributed by atoms with Gasteiger partial charge in [0.2, 0.25) is 5.91 Å². The third-order valence-corrected chi connectivity index (χ3v) is 5.81. The second-order valence-corrected chi connectivity index (χ2v) is 8.39. The molecular weight excluding hydrogens is 380 g/mol. The molecule has 156 valence electrons. The number of nitrogens with two attached hydrogens (primary N) is 1. The zero-order valence-electron chi connectivity index (χ0n) is 17.7. The SMILES string of the molecule is COc1cc(-c2cnc3cc(C(C)(C)C(N)=O)ccn23)cc(C)c1C(=O)NC1CC1. The molecule has 2 heterocycles. The number of hydrogen-bond donors (Lipinski definition) is 2. The lowest BCUT2D eigenvalue weighted by Gasteiger charge is -2.21. The number of methoxy groups -OCH3 is 1. The van der Waals surface area contributed by atoms with Crippen LogP contribution in [0.1, 0.15) is 48.2 Å². The van der Waals surface area contributed by atoms with Gasteiger partial charge in [-0.3, -0.25) is 14.0 Å². The summed E-state index contributed by atoms with van der Waals surface area (Å²) in [5.41, 5.74) is 9.44. The summed E-state index contributed by atoms with van der Waals surface area (Å²) in [6, 6.07) is 7.85. The lowest BCUT2D eigenvalue weighted by molar-refractivity contribution is -0.122. The number of rotatable bonds is 6. The van der Waals surface area contributed by atoms with Crippen LogP contribution in [0.4, 0.5) is 0 Å². The molecule has 1 fully saturated rings. The van der Waals surface area contributed by atoms with Crippen LogP contribution >= 0.6 is 0 Å². The molecule has 2 aromatic heterocycles. The van der Waals surface area contributed by atoms with Crippen LogP contribution in [0.3, 0.4) is 0 Å². The highest BCUT2D eigenvalue weighted by molar-refractivity contribution is 5.99. The number of ether oxygens (including phenoxy) is 1. The van der Waals surface area contributed by atoms with Gasteiger partial charge < -0.3 is 15.8 Å². The van der Waals surface area contributed by atoms with E-state index in [1.54, 1.807) is 27.2 Å². The molecule has 1 aromatic carbocycles. The lowest BCUT2D eigenvalue weighted by Crippen LogP contribution is -2.35. The van der Waals surface area contributed by atoms with Crippen LogP contribution in [0.25, 0.3) is 16.9 Å². The molecular formula is C23H26N4O3. The highest BCUT2D eigenvalue weighted by atomic mass is 16.5. The first kappa shape index (κ1) is 19.9. The second-order valence-electron chi connectivity index (χ2n) is 8.39. The van der Waals surface area contributed by atoms with E-state index in [1.807, 2.05) is 41.8 Å². The van der Waals surface area contributed by atoms with Crippen molar-refractivity contribution in [2.24, 2.45) is 5.73 Å². The fraction of sp³-hybridized carbons (Fsp3) is 0.348. The number of hydrogen-bond acceptors (Lipinski definition) is 4. The first-order valence-corrected chi connectivity index (χ1v) is 9.99. The normalized spacial score (nSPS) is 14.0. The number of primary amides is 1. The van der Waals surface area contributed by atoms with Crippen LogP contribution in [0.2, 0.25) is 0 Å². The quantitative estimate of drug-likeness (QED) is 0.657. The Bertz CT molecular complexity index is 1160. The molecule has 1 aliphatic rings. The number of benzene rings is 1. The Morgan fingerprint density at radius 1 is 1.27 bits per heavy atom. The van der Waals surface area contributed by atoms with Gasteiger partial charge in [0.05, 0.1) is 30.0 Å². The van der Waals surface area contributed by atoms with Gasteiger partial charge in [-0.2, -0.15) is 0 Å². The second kappa shape index (κ2) is 7.16. The molecule has 0 spiro atoms. The third kappa shape index (κ3) is 3.40. The molecule has 7 nitrogen and oxygen atoms in total. The molecule has 0 saturated heterocycles. The predicted octanol–water partition coefficient (Wildman–Crippen LogP) is 2.97. The summed E-state index contributed by atoms with van der Waals surface area (Å²) in [5, 5.41) is 3.02. The number of aryl methyl sites for hydroxylation is 1. The third-order valence-electron chi connectivity index (χ3n) is 5.81. The van der Waals surface area contributed by atoms with Crippen molar-refractivity contribution in [1.29, 1.82) is 0 Å². The number of nitrogens with zero attached hydrogens (tertiary/aromatic N) is 2. The van der Waals surface area contributed by atoms with Crippen molar-refractivity contribution in [1.82, 2.24) is 14.7 Å². The number of carbonyl (C=O) groups is 2. The smallest absolute Gasteiger partial charge is 0.255 e. The molecule has 3 N–H and O–H groups in total. The zero-order chi connectivity index (χ0) is 21.6.